The van der Waals surface area contributed by atoms with Gasteiger partial charge in [-0.25, -0.2) is 0 Å². The van der Waals surface area contributed by atoms with Crippen molar-refractivity contribution in [2.24, 2.45) is 0 Å². The minimum Gasteiger partial charge on any atom is -0.390 e. The highest BCUT2D eigenvalue weighted by atomic mass is 19.4. The number of aliphatic hydroxyl groups is 1. The van der Waals surface area contributed by atoms with E-state index in [1.165, 1.54) is 4.90 Å². The maximum absolute atomic E-state index is 12.6. The average molecular weight is 373 g/mol. The molecule has 6 nitrogen and oxygen atoms in total. The number of alkyl halides is 3. The Bertz CT molecular complexity index is 647. The minimum atomic E-state index is -4.46. The summed E-state index contributed by atoms with van der Waals surface area (Å²) in [4.78, 5) is 27.2. The van der Waals surface area contributed by atoms with Gasteiger partial charge in [-0.2, -0.15) is 13.2 Å². The maximum Gasteiger partial charge on any atom is 0.416 e. The number of likely N-dealkylation sites (tertiary alicyclic amines) is 1. The highest BCUT2D eigenvalue weighted by Crippen LogP contribution is 2.29. The van der Waals surface area contributed by atoms with Crippen LogP contribution in [0.1, 0.15) is 22.3 Å². The molecule has 1 heterocycles. The summed E-state index contributed by atoms with van der Waals surface area (Å²) in [7, 11) is 3.30. The fourth-order valence-corrected chi connectivity index (χ4v) is 2.70. The van der Waals surface area contributed by atoms with Gasteiger partial charge in [0, 0.05) is 32.7 Å². The van der Waals surface area contributed by atoms with Crippen molar-refractivity contribution in [2.45, 2.75) is 24.7 Å². The van der Waals surface area contributed by atoms with Crippen LogP contribution >= 0.6 is 0 Å². The molecule has 2 N–H and O–H groups in total. The molecule has 26 heavy (non-hydrogen) atoms. The van der Waals surface area contributed by atoms with Crippen molar-refractivity contribution in [1.29, 1.82) is 0 Å². The van der Waals surface area contributed by atoms with Crippen LogP contribution in [-0.4, -0.2) is 72.6 Å². The molecule has 1 fully saturated rings. The van der Waals surface area contributed by atoms with Gasteiger partial charge >= 0.3 is 6.18 Å². The Balaban J connectivity index is 1.91. The first-order valence-corrected chi connectivity index (χ1v) is 8.16. The molecule has 0 spiro atoms. The number of carbonyl (C=O) groups excluding carboxylic acids is 2. The molecule has 2 atom stereocenters. The summed E-state index contributed by atoms with van der Waals surface area (Å²) in [5.74, 6) is -0.620. The number of β-amino-alcohol motifs (C(OH)–C–C–N with tert-alkyl or cyclic N) is 1. The normalized spacial score (nSPS) is 21.3. The monoisotopic (exact) mass is 373 g/mol. The largest absolute Gasteiger partial charge is 0.416 e. The van der Waals surface area contributed by atoms with E-state index < -0.39 is 29.8 Å². The highest BCUT2D eigenvalue weighted by molar-refractivity contribution is 5.94. The zero-order chi connectivity index (χ0) is 19.5. The number of hydrogen-bond acceptors (Lipinski definition) is 4. The molecule has 2 rings (SSSR count). The lowest BCUT2D eigenvalue weighted by atomic mass is 10.0. The predicted octanol–water partition coefficient (Wildman–Crippen LogP) is 0.959. The molecule has 1 aromatic rings. The summed E-state index contributed by atoms with van der Waals surface area (Å²) in [5, 5.41) is 12.9. The second-order valence-corrected chi connectivity index (χ2v) is 6.53. The summed E-state index contributed by atoms with van der Waals surface area (Å²) in [6.07, 6.45) is -4.88. The molecule has 0 radical (unpaired) electrons. The minimum absolute atomic E-state index is 0.0792. The predicted molar refractivity (Wildman–Crippen MR) is 88.5 cm³/mol. The smallest absolute Gasteiger partial charge is 0.390 e. The molecular formula is C17H22F3N3O3. The van der Waals surface area contributed by atoms with Crippen LogP contribution in [0.15, 0.2) is 24.3 Å². The Morgan fingerprint density at radius 2 is 1.88 bits per heavy atom. The van der Waals surface area contributed by atoms with Gasteiger partial charge in [0.15, 0.2) is 0 Å². The molecule has 1 saturated heterocycles. The third-order valence-electron chi connectivity index (χ3n) is 4.31. The van der Waals surface area contributed by atoms with E-state index in [1.807, 2.05) is 0 Å². The van der Waals surface area contributed by atoms with Crippen LogP contribution < -0.4 is 5.32 Å². The number of likely N-dealkylation sites (N-methyl/N-ethyl adjacent to an activating group) is 1. The number of halogens is 3. The van der Waals surface area contributed by atoms with Crippen LogP contribution in [0.2, 0.25) is 0 Å². The van der Waals surface area contributed by atoms with E-state index in [0.717, 1.165) is 24.3 Å². The van der Waals surface area contributed by atoms with Crippen molar-refractivity contribution in [2.75, 3.05) is 33.7 Å². The van der Waals surface area contributed by atoms with Crippen LogP contribution in [0, 0.1) is 0 Å². The summed E-state index contributed by atoms with van der Waals surface area (Å²) >= 11 is 0. The average Bonchev–Trinajstić information content (AvgIpc) is 2.56. The molecule has 0 saturated carbocycles. The highest BCUT2D eigenvalue weighted by Gasteiger charge is 2.32. The van der Waals surface area contributed by atoms with Crippen molar-refractivity contribution in [3.63, 3.8) is 0 Å². The lowest BCUT2D eigenvalue weighted by Gasteiger charge is -2.36. The molecule has 9 heteroatoms. The van der Waals surface area contributed by atoms with Crippen molar-refractivity contribution in [3.8, 4) is 0 Å². The third kappa shape index (κ3) is 5.18. The number of nitrogens with one attached hydrogen (secondary N) is 1. The van der Waals surface area contributed by atoms with Gasteiger partial charge in [-0.05, 0) is 30.7 Å². The maximum atomic E-state index is 12.6. The SMILES string of the molecule is CN(C)C(=O)CN1CC[C@H](NC(=O)c2ccc(C(F)(F)F)cc2)[C@@H](O)C1. The van der Waals surface area contributed by atoms with E-state index in [2.05, 4.69) is 5.32 Å². The van der Waals surface area contributed by atoms with E-state index in [9.17, 15) is 27.9 Å². The van der Waals surface area contributed by atoms with E-state index in [0.29, 0.717) is 13.0 Å². The molecular weight excluding hydrogens is 351 g/mol. The van der Waals surface area contributed by atoms with Gasteiger partial charge in [0.05, 0.1) is 24.3 Å². The third-order valence-corrected chi connectivity index (χ3v) is 4.31. The first kappa shape index (κ1) is 20.2. The van der Waals surface area contributed by atoms with Gasteiger partial charge in [-0.1, -0.05) is 0 Å². The van der Waals surface area contributed by atoms with Crippen LogP contribution in [0.4, 0.5) is 13.2 Å². The van der Waals surface area contributed by atoms with Gasteiger partial charge in [0.25, 0.3) is 5.91 Å². The quantitative estimate of drug-likeness (QED) is 0.825. The number of carbonyl (C=O) groups is 2. The van der Waals surface area contributed by atoms with Gasteiger partial charge in [-0.15, -0.1) is 0 Å². The molecule has 0 aromatic heterocycles. The van der Waals surface area contributed by atoms with Crippen molar-refractivity contribution in [1.82, 2.24) is 15.1 Å². The number of nitrogens with zero attached hydrogens (tertiary/aromatic N) is 2. The van der Waals surface area contributed by atoms with E-state index in [-0.39, 0.29) is 24.6 Å². The molecule has 2 amide bonds. The molecule has 0 aliphatic carbocycles. The second kappa shape index (κ2) is 8.05. The summed E-state index contributed by atoms with van der Waals surface area (Å²) < 4.78 is 37.7. The lowest BCUT2D eigenvalue weighted by Crippen LogP contribution is -2.55. The molecule has 0 bridgehead atoms. The second-order valence-electron chi connectivity index (χ2n) is 6.53. The Morgan fingerprint density at radius 3 is 2.38 bits per heavy atom. The van der Waals surface area contributed by atoms with E-state index in [1.54, 1.807) is 19.0 Å². The standard InChI is InChI=1S/C17H22F3N3O3/c1-22(2)15(25)10-23-8-7-13(14(24)9-23)21-16(26)11-3-5-12(6-4-11)17(18,19)20/h3-6,13-14,24H,7-10H2,1-2H3,(H,21,26)/t13-,14-/m0/s1. The summed E-state index contributed by atoms with van der Waals surface area (Å²) in [6, 6.07) is 3.39. The summed E-state index contributed by atoms with van der Waals surface area (Å²) in [5.41, 5.74) is -0.733. The fraction of sp³-hybridized carbons (Fsp3) is 0.529. The van der Waals surface area contributed by atoms with Crippen LogP contribution in [0.3, 0.4) is 0 Å². The van der Waals surface area contributed by atoms with Gasteiger partial charge in [0.2, 0.25) is 5.91 Å². The van der Waals surface area contributed by atoms with Crippen LogP contribution in [0.5, 0.6) is 0 Å². The number of aliphatic hydroxyl groups excluding tert-OH is 1. The van der Waals surface area contributed by atoms with Gasteiger partial charge in [-0.3, -0.25) is 14.5 Å². The Kier molecular flexibility index (Phi) is 6.25. The Hall–Kier alpha value is -2.13. The zero-order valence-corrected chi connectivity index (χ0v) is 14.6. The van der Waals surface area contributed by atoms with Crippen LogP contribution in [0.25, 0.3) is 0 Å². The molecule has 1 aromatic carbocycles. The first-order chi connectivity index (χ1) is 12.1. The number of piperidine rings is 1. The first-order valence-electron chi connectivity index (χ1n) is 8.16. The fourth-order valence-electron chi connectivity index (χ4n) is 2.70. The molecule has 1 aliphatic heterocycles. The van der Waals surface area contributed by atoms with Crippen molar-refractivity contribution < 1.29 is 27.9 Å². The lowest BCUT2D eigenvalue weighted by molar-refractivity contribution is -0.137. The topological polar surface area (TPSA) is 72.9 Å². The number of benzene rings is 1. The van der Waals surface area contributed by atoms with Crippen molar-refractivity contribution >= 4 is 11.8 Å². The Morgan fingerprint density at radius 1 is 1.27 bits per heavy atom. The summed E-state index contributed by atoms with van der Waals surface area (Å²) in [6.45, 7) is 0.940. The van der Waals surface area contributed by atoms with E-state index in [4.69, 9.17) is 0 Å². The number of rotatable bonds is 4. The van der Waals surface area contributed by atoms with Gasteiger partial charge in [0.1, 0.15) is 0 Å². The molecule has 144 valence electrons. The number of amides is 2. The van der Waals surface area contributed by atoms with Crippen molar-refractivity contribution in [3.05, 3.63) is 35.4 Å². The van der Waals surface area contributed by atoms with Crippen LogP contribution in [-0.2, 0) is 11.0 Å². The Labute approximate surface area is 149 Å². The van der Waals surface area contributed by atoms with Gasteiger partial charge < -0.3 is 15.3 Å². The van der Waals surface area contributed by atoms with E-state index >= 15 is 0 Å². The molecule has 1 aliphatic rings. The molecule has 0 unspecified atom stereocenters. The zero-order valence-electron chi connectivity index (χ0n) is 14.6. The number of hydrogen-bond donors (Lipinski definition) is 2.